The van der Waals surface area contributed by atoms with Crippen molar-refractivity contribution in [1.82, 2.24) is 10.2 Å². The predicted octanol–water partition coefficient (Wildman–Crippen LogP) is 1.89. The first-order chi connectivity index (χ1) is 7.33. The third-order valence-electron chi connectivity index (χ3n) is 3.50. The molecular formula is C12H15ClN2. The van der Waals surface area contributed by atoms with Crippen molar-refractivity contribution >= 4 is 11.6 Å². The molecule has 2 bridgehead atoms. The van der Waals surface area contributed by atoms with Crippen LogP contribution in [-0.2, 0) is 6.54 Å². The Balaban J connectivity index is 1.73. The van der Waals surface area contributed by atoms with Crippen LogP contribution in [0.15, 0.2) is 24.3 Å². The monoisotopic (exact) mass is 222 g/mol. The lowest BCUT2D eigenvalue weighted by Gasteiger charge is -2.27. The van der Waals surface area contributed by atoms with E-state index in [1.165, 1.54) is 18.5 Å². The van der Waals surface area contributed by atoms with Gasteiger partial charge < -0.3 is 5.32 Å². The van der Waals surface area contributed by atoms with E-state index in [1.807, 2.05) is 12.1 Å². The summed E-state index contributed by atoms with van der Waals surface area (Å²) in [6, 6.07) is 9.60. The van der Waals surface area contributed by atoms with Crippen molar-refractivity contribution in [1.29, 1.82) is 0 Å². The number of hydrogen-bond acceptors (Lipinski definition) is 2. The van der Waals surface area contributed by atoms with Crippen molar-refractivity contribution in [2.24, 2.45) is 0 Å². The summed E-state index contributed by atoms with van der Waals surface area (Å²) in [5, 5.41) is 4.41. The number of benzene rings is 1. The van der Waals surface area contributed by atoms with Crippen LogP contribution in [0.25, 0.3) is 0 Å². The van der Waals surface area contributed by atoms with Gasteiger partial charge in [0.2, 0.25) is 0 Å². The van der Waals surface area contributed by atoms with Gasteiger partial charge in [0.25, 0.3) is 0 Å². The average molecular weight is 223 g/mol. The maximum atomic E-state index is 6.16. The Labute approximate surface area is 95.2 Å². The topological polar surface area (TPSA) is 15.3 Å². The van der Waals surface area contributed by atoms with E-state index < -0.39 is 0 Å². The molecule has 1 N–H and O–H groups in total. The highest BCUT2D eigenvalue weighted by Gasteiger charge is 2.37. The van der Waals surface area contributed by atoms with Gasteiger partial charge in [-0.1, -0.05) is 29.8 Å². The van der Waals surface area contributed by atoms with Crippen LogP contribution in [0.2, 0.25) is 5.02 Å². The molecule has 2 atom stereocenters. The Morgan fingerprint density at radius 3 is 2.93 bits per heavy atom. The van der Waals surface area contributed by atoms with E-state index >= 15 is 0 Å². The van der Waals surface area contributed by atoms with Gasteiger partial charge in [0, 0.05) is 36.7 Å². The minimum absolute atomic E-state index is 0.720. The zero-order valence-electron chi connectivity index (χ0n) is 8.62. The number of nitrogens with zero attached hydrogens (tertiary/aromatic N) is 1. The van der Waals surface area contributed by atoms with Crippen molar-refractivity contribution in [2.75, 3.05) is 13.1 Å². The summed E-state index contributed by atoms with van der Waals surface area (Å²) in [4.78, 5) is 2.54. The number of piperazine rings is 1. The summed E-state index contributed by atoms with van der Waals surface area (Å²) in [6.45, 7) is 3.33. The van der Waals surface area contributed by atoms with E-state index in [2.05, 4.69) is 22.3 Å². The van der Waals surface area contributed by atoms with Crippen molar-refractivity contribution in [3.05, 3.63) is 34.9 Å². The molecule has 15 heavy (non-hydrogen) atoms. The smallest absolute Gasteiger partial charge is 0.0451 e. The van der Waals surface area contributed by atoms with E-state index in [0.717, 1.165) is 30.2 Å². The molecule has 80 valence electrons. The molecule has 2 heterocycles. The van der Waals surface area contributed by atoms with Crippen LogP contribution in [0.3, 0.4) is 0 Å². The summed E-state index contributed by atoms with van der Waals surface area (Å²) in [5.41, 5.74) is 1.26. The first kappa shape index (κ1) is 9.64. The summed E-state index contributed by atoms with van der Waals surface area (Å²) in [7, 11) is 0. The summed E-state index contributed by atoms with van der Waals surface area (Å²) < 4.78 is 0. The van der Waals surface area contributed by atoms with E-state index in [4.69, 9.17) is 11.6 Å². The second-order valence-corrected chi connectivity index (χ2v) is 4.92. The van der Waals surface area contributed by atoms with Gasteiger partial charge in [0.05, 0.1) is 0 Å². The number of rotatable bonds is 2. The van der Waals surface area contributed by atoms with Crippen LogP contribution in [0, 0.1) is 0 Å². The van der Waals surface area contributed by atoms with Crippen molar-refractivity contribution in [3.8, 4) is 0 Å². The van der Waals surface area contributed by atoms with Crippen LogP contribution in [0.4, 0.5) is 0 Å². The number of halogens is 1. The molecule has 2 nitrogen and oxygen atoms in total. The molecule has 0 spiro atoms. The van der Waals surface area contributed by atoms with Crippen molar-refractivity contribution < 1.29 is 0 Å². The maximum absolute atomic E-state index is 6.16. The Morgan fingerprint density at radius 2 is 2.27 bits per heavy atom. The molecular weight excluding hydrogens is 208 g/mol. The SMILES string of the molecule is Clc1ccccc1CN1CC2CC1CN2. The van der Waals surface area contributed by atoms with E-state index in [-0.39, 0.29) is 0 Å². The number of nitrogens with one attached hydrogen (secondary N) is 1. The minimum atomic E-state index is 0.720. The number of likely N-dealkylation sites (tertiary alicyclic amines) is 1. The van der Waals surface area contributed by atoms with Gasteiger partial charge >= 0.3 is 0 Å². The van der Waals surface area contributed by atoms with E-state index in [0.29, 0.717) is 0 Å². The van der Waals surface area contributed by atoms with Crippen LogP contribution in [-0.4, -0.2) is 30.1 Å². The Kier molecular flexibility index (Phi) is 2.43. The van der Waals surface area contributed by atoms with Crippen molar-refractivity contribution in [2.45, 2.75) is 25.0 Å². The fourth-order valence-corrected chi connectivity index (χ4v) is 2.88. The van der Waals surface area contributed by atoms with E-state index in [1.54, 1.807) is 0 Å². The first-order valence-corrected chi connectivity index (χ1v) is 5.91. The minimum Gasteiger partial charge on any atom is -0.311 e. The molecule has 0 amide bonds. The maximum Gasteiger partial charge on any atom is 0.0451 e. The van der Waals surface area contributed by atoms with Crippen LogP contribution >= 0.6 is 11.6 Å². The van der Waals surface area contributed by atoms with Crippen LogP contribution in [0.5, 0.6) is 0 Å². The second kappa shape index (κ2) is 3.78. The molecule has 0 saturated carbocycles. The Morgan fingerprint density at radius 1 is 1.40 bits per heavy atom. The van der Waals surface area contributed by atoms with Crippen LogP contribution < -0.4 is 5.32 Å². The molecule has 2 aliphatic rings. The summed E-state index contributed by atoms with van der Waals surface area (Å²) >= 11 is 6.16. The van der Waals surface area contributed by atoms with Gasteiger partial charge in [-0.05, 0) is 18.1 Å². The van der Waals surface area contributed by atoms with Crippen LogP contribution in [0.1, 0.15) is 12.0 Å². The molecule has 0 aliphatic carbocycles. The number of hydrogen-bond donors (Lipinski definition) is 1. The quantitative estimate of drug-likeness (QED) is 0.822. The lowest BCUT2D eigenvalue weighted by molar-refractivity contribution is 0.218. The standard InChI is InChI=1S/C12H15ClN2/c13-12-4-2-1-3-9(12)7-15-8-10-5-11(15)6-14-10/h1-4,10-11,14H,5-8H2. The third kappa shape index (κ3) is 1.78. The molecule has 3 heteroatoms. The van der Waals surface area contributed by atoms with Gasteiger partial charge in [-0.25, -0.2) is 0 Å². The highest BCUT2D eigenvalue weighted by molar-refractivity contribution is 6.31. The highest BCUT2D eigenvalue weighted by atomic mass is 35.5. The molecule has 2 saturated heterocycles. The lowest BCUT2D eigenvalue weighted by Crippen LogP contribution is -2.42. The number of fused-ring (bicyclic) bond motifs is 2. The van der Waals surface area contributed by atoms with E-state index in [9.17, 15) is 0 Å². The molecule has 1 aromatic rings. The molecule has 1 aromatic carbocycles. The first-order valence-electron chi connectivity index (χ1n) is 5.54. The van der Waals surface area contributed by atoms with Gasteiger partial charge in [-0.2, -0.15) is 0 Å². The average Bonchev–Trinajstić information content (AvgIpc) is 2.83. The Bertz CT molecular complexity index is 366. The predicted molar refractivity (Wildman–Crippen MR) is 62.1 cm³/mol. The lowest BCUT2D eigenvalue weighted by atomic mass is 10.2. The molecule has 3 rings (SSSR count). The Hall–Kier alpha value is -0.570. The molecule has 2 unspecified atom stereocenters. The van der Waals surface area contributed by atoms with Crippen molar-refractivity contribution in [3.63, 3.8) is 0 Å². The summed E-state index contributed by atoms with van der Waals surface area (Å²) in [6.07, 6.45) is 1.31. The van der Waals surface area contributed by atoms with Gasteiger partial charge in [-0.3, -0.25) is 4.90 Å². The fraction of sp³-hybridized carbons (Fsp3) is 0.500. The molecule has 0 aromatic heterocycles. The van der Waals surface area contributed by atoms with Gasteiger partial charge in [-0.15, -0.1) is 0 Å². The van der Waals surface area contributed by atoms with Gasteiger partial charge in [0.1, 0.15) is 0 Å². The normalized spacial score (nSPS) is 29.9. The van der Waals surface area contributed by atoms with Gasteiger partial charge in [0.15, 0.2) is 0 Å². The molecule has 2 fully saturated rings. The highest BCUT2D eigenvalue weighted by Crippen LogP contribution is 2.26. The second-order valence-electron chi connectivity index (χ2n) is 4.52. The summed E-state index contributed by atoms with van der Waals surface area (Å²) in [5.74, 6) is 0. The largest absolute Gasteiger partial charge is 0.311 e. The fourth-order valence-electron chi connectivity index (χ4n) is 2.69. The molecule has 0 radical (unpaired) electrons. The zero-order chi connectivity index (χ0) is 10.3. The molecule has 2 aliphatic heterocycles. The third-order valence-corrected chi connectivity index (χ3v) is 3.87. The zero-order valence-corrected chi connectivity index (χ0v) is 9.37.